The van der Waals surface area contributed by atoms with Crippen molar-refractivity contribution in [2.75, 3.05) is 13.1 Å². The van der Waals surface area contributed by atoms with E-state index in [1.807, 2.05) is 12.2 Å². The minimum Gasteiger partial charge on any atom is -0.421 e. The van der Waals surface area contributed by atoms with Crippen LogP contribution in [-0.2, 0) is 33.1 Å². The van der Waals surface area contributed by atoms with Crippen LogP contribution in [0.15, 0.2) is 86.0 Å². The first kappa shape index (κ1) is 31.4. The second-order valence-corrected chi connectivity index (χ2v) is 10.9. The maximum atomic E-state index is 11.4. The third-order valence-corrected chi connectivity index (χ3v) is 7.28. The molecule has 2 aromatic rings. The molecule has 6 nitrogen and oxygen atoms in total. The first-order chi connectivity index (χ1) is 16.5. The largest absolute Gasteiger partial charge is 0.480 e. The molecule has 0 unspecified atom stereocenters. The van der Waals surface area contributed by atoms with Crippen molar-refractivity contribution in [3.8, 4) is 0 Å². The monoisotopic (exact) mass is 558 g/mol. The van der Waals surface area contributed by atoms with Gasteiger partial charge in [-0.2, -0.15) is 26.3 Å². The first-order valence-electron chi connectivity index (χ1n) is 10.0. The van der Waals surface area contributed by atoms with Gasteiger partial charge in [0.15, 0.2) is 20.0 Å². The summed E-state index contributed by atoms with van der Waals surface area (Å²) in [7, 11) is -13.4. The van der Waals surface area contributed by atoms with Crippen molar-refractivity contribution in [1.82, 2.24) is 0 Å². The van der Waals surface area contributed by atoms with E-state index in [2.05, 4.69) is 73.8 Å². The van der Waals surface area contributed by atoms with E-state index in [1.54, 1.807) is 0 Å². The van der Waals surface area contributed by atoms with E-state index >= 15 is 0 Å². The molecule has 0 heterocycles. The van der Waals surface area contributed by atoms with Gasteiger partial charge in [-0.25, -0.2) is 16.8 Å². The van der Waals surface area contributed by atoms with Gasteiger partial charge in [0.2, 0.25) is 0 Å². The van der Waals surface area contributed by atoms with E-state index in [-0.39, 0.29) is 0 Å². The lowest BCUT2D eigenvalue weighted by Crippen LogP contribution is -2.46. The minimum atomic E-state index is -6.72. The smallest absolute Gasteiger partial charge is 0.421 e. The van der Waals surface area contributed by atoms with Crippen LogP contribution in [0.2, 0.25) is 0 Å². The van der Waals surface area contributed by atoms with E-state index < -0.39 is 31.1 Å². The summed E-state index contributed by atoms with van der Waals surface area (Å²) in [4.78, 5) is 0. The second-order valence-electron chi connectivity index (χ2n) is 7.49. The van der Waals surface area contributed by atoms with E-state index in [4.69, 9.17) is 0 Å². The molecule has 0 aliphatic heterocycles. The van der Waals surface area contributed by atoms with Gasteiger partial charge in [-0.15, -0.1) is 0 Å². The average molecular weight is 559 g/mol. The predicted octanol–water partition coefficient (Wildman–Crippen LogP) is 5.63. The van der Waals surface area contributed by atoms with Crippen molar-refractivity contribution in [2.24, 2.45) is 0 Å². The lowest BCUT2D eigenvalue weighted by Gasteiger charge is -2.37. The van der Waals surface area contributed by atoms with Crippen molar-refractivity contribution in [3.05, 3.63) is 101 Å². The van der Waals surface area contributed by atoms with Crippen LogP contribution < -0.4 is 0 Å². The summed E-state index contributed by atoms with van der Waals surface area (Å²) < 4.78 is 110. The van der Waals surface area contributed by atoms with Crippen LogP contribution in [0.1, 0.15) is 11.1 Å². The number of nitrogens with zero attached hydrogens (tertiary/aromatic N) is 2. The highest BCUT2D eigenvalue weighted by molar-refractivity contribution is 8.13. The average Bonchev–Trinajstić information content (AvgIpc) is 2.74. The van der Waals surface area contributed by atoms with Crippen LogP contribution in [0.3, 0.4) is 0 Å². The Morgan fingerprint density at radius 3 is 1.22 bits per heavy atom. The molecule has 0 N–H and O–H groups in total. The molecule has 2 aromatic carbocycles. The van der Waals surface area contributed by atoms with E-state index in [9.17, 15) is 43.2 Å². The Morgan fingerprint density at radius 2 is 0.972 bits per heavy atom. The Labute approximate surface area is 206 Å². The summed E-state index contributed by atoms with van der Waals surface area (Å²) in [5.41, 5.74) is -9.69. The number of benzene rings is 2. The standard InChI is InChI=1S/C20H24N.C2F6NO4S2/c1-3-15-21(16-4-2,17-19-11-7-5-8-12-19)18-20-13-9-6-10-14-20;3-1(4,5)14(10,11)9-15(12,13)2(6,7)8/h3-14H,1-2,15-18H2;/q+1;-1. The number of halogens is 6. The fourth-order valence-corrected chi connectivity index (χ4v) is 4.80. The highest BCUT2D eigenvalue weighted by atomic mass is 32.3. The quantitative estimate of drug-likeness (QED) is 0.215. The molecular formula is C22H24F6N2O4S2. The molecule has 0 saturated carbocycles. The van der Waals surface area contributed by atoms with Crippen LogP contribution in [0, 0.1) is 0 Å². The number of rotatable bonds is 10. The zero-order valence-corrected chi connectivity index (χ0v) is 20.4. The molecule has 2 rings (SSSR count). The number of quaternary nitrogens is 1. The summed E-state index contributed by atoms with van der Waals surface area (Å²) in [6, 6.07) is 21.3. The lowest BCUT2D eigenvalue weighted by molar-refractivity contribution is -0.943. The number of hydrogen-bond donors (Lipinski definition) is 0. The molecule has 0 amide bonds. The molecular weight excluding hydrogens is 534 g/mol. The fraction of sp³-hybridized carbons (Fsp3) is 0.273. The van der Waals surface area contributed by atoms with Crippen molar-refractivity contribution >= 4 is 20.0 Å². The maximum absolute atomic E-state index is 11.4. The van der Waals surface area contributed by atoms with Crippen molar-refractivity contribution in [3.63, 3.8) is 0 Å². The van der Waals surface area contributed by atoms with Crippen LogP contribution >= 0.6 is 0 Å². The first-order valence-corrected chi connectivity index (χ1v) is 12.9. The van der Waals surface area contributed by atoms with Crippen molar-refractivity contribution in [2.45, 2.75) is 24.1 Å². The van der Waals surface area contributed by atoms with Gasteiger partial charge < -0.3 is 8.61 Å². The van der Waals surface area contributed by atoms with Crippen LogP contribution in [-0.4, -0.2) is 45.4 Å². The highest BCUT2D eigenvalue weighted by Crippen LogP contribution is 2.36. The zero-order chi connectivity index (χ0) is 27.7. The molecule has 0 atom stereocenters. The molecule has 36 heavy (non-hydrogen) atoms. The third-order valence-electron chi connectivity index (χ3n) is 4.54. The van der Waals surface area contributed by atoms with Gasteiger partial charge in [-0.1, -0.05) is 73.8 Å². The molecule has 0 aromatic heterocycles. The summed E-state index contributed by atoms with van der Waals surface area (Å²) in [6.07, 6.45) is 4.05. The van der Waals surface area contributed by atoms with E-state index in [0.717, 1.165) is 34.8 Å². The molecule has 0 bridgehead atoms. The van der Waals surface area contributed by atoms with Crippen molar-refractivity contribution in [1.29, 1.82) is 0 Å². The molecule has 0 radical (unpaired) electrons. The molecule has 14 heteroatoms. The topological polar surface area (TPSA) is 82.4 Å². The number of hydrogen-bond acceptors (Lipinski definition) is 4. The SMILES string of the molecule is C=CC[N+](CC=C)(Cc1ccccc1)Cc1ccccc1.O=S(=O)([N-]S(=O)(=O)C(F)(F)F)C(F)(F)F. The summed E-state index contributed by atoms with van der Waals surface area (Å²) >= 11 is 0. The summed E-state index contributed by atoms with van der Waals surface area (Å²) in [5, 5.41) is 0. The molecule has 0 aliphatic carbocycles. The Balaban J connectivity index is 0.000000384. The summed E-state index contributed by atoms with van der Waals surface area (Å²) in [6.45, 7) is 11.8. The minimum absolute atomic E-state index is 0.778. The van der Waals surface area contributed by atoms with Gasteiger partial charge >= 0.3 is 11.0 Å². The molecule has 0 saturated heterocycles. The Hall–Kier alpha value is -2.68. The molecule has 0 aliphatic rings. The maximum Gasteiger partial charge on any atom is 0.480 e. The summed E-state index contributed by atoms with van der Waals surface area (Å²) in [5.74, 6) is 0. The van der Waals surface area contributed by atoms with Gasteiger partial charge in [0.1, 0.15) is 13.1 Å². The van der Waals surface area contributed by atoms with Gasteiger partial charge in [-0.3, -0.25) is 0 Å². The second kappa shape index (κ2) is 12.5. The number of sulfonamides is 2. The lowest BCUT2D eigenvalue weighted by atomic mass is 10.1. The molecule has 0 fully saturated rings. The zero-order valence-electron chi connectivity index (χ0n) is 18.8. The number of alkyl halides is 6. The Bertz CT molecular complexity index is 1100. The van der Waals surface area contributed by atoms with Gasteiger partial charge in [0.25, 0.3) is 0 Å². The molecule has 200 valence electrons. The van der Waals surface area contributed by atoms with Crippen LogP contribution in [0.4, 0.5) is 26.3 Å². The van der Waals surface area contributed by atoms with E-state index in [0.29, 0.717) is 0 Å². The molecule has 0 spiro atoms. The normalized spacial score (nSPS) is 12.8. The van der Waals surface area contributed by atoms with Crippen molar-refractivity contribution < 1.29 is 47.7 Å². The van der Waals surface area contributed by atoms with Gasteiger partial charge in [0, 0.05) is 11.1 Å². The van der Waals surface area contributed by atoms with Gasteiger partial charge in [0.05, 0.1) is 13.1 Å². The van der Waals surface area contributed by atoms with Gasteiger partial charge in [-0.05, 0) is 12.2 Å². The van der Waals surface area contributed by atoms with Crippen LogP contribution in [0.5, 0.6) is 0 Å². The highest BCUT2D eigenvalue weighted by Gasteiger charge is 2.46. The Kier molecular flexibility index (Phi) is 10.9. The third kappa shape index (κ3) is 9.41. The predicted molar refractivity (Wildman–Crippen MR) is 124 cm³/mol. The Morgan fingerprint density at radius 1 is 0.667 bits per heavy atom. The van der Waals surface area contributed by atoms with Crippen LogP contribution in [0.25, 0.3) is 4.13 Å². The fourth-order valence-electron chi connectivity index (χ4n) is 3.09. The van der Waals surface area contributed by atoms with E-state index in [1.165, 1.54) is 11.1 Å².